The Balaban J connectivity index is 1.81. The summed E-state index contributed by atoms with van der Waals surface area (Å²) in [5.41, 5.74) is 1.26. The zero-order chi connectivity index (χ0) is 20.0. The number of rotatable bonds is 5. The molecule has 8 heteroatoms. The molecule has 2 aromatic rings. The quantitative estimate of drug-likeness (QED) is 0.698. The highest BCUT2D eigenvalue weighted by molar-refractivity contribution is 6.35. The summed E-state index contributed by atoms with van der Waals surface area (Å²) < 4.78 is 37.5. The van der Waals surface area contributed by atoms with Gasteiger partial charge in [0.2, 0.25) is 0 Å². The number of aliphatic hydroxyl groups is 1. The molecule has 5 nitrogen and oxygen atoms in total. The van der Waals surface area contributed by atoms with Gasteiger partial charge in [0.05, 0.1) is 11.7 Å². The van der Waals surface area contributed by atoms with Gasteiger partial charge in [0.15, 0.2) is 0 Å². The molecule has 0 radical (unpaired) electrons. The van der Waals surface area contributed by atoms with Gasteiger partial charge in [0.1, 0.15) is 0 Å². The van der Waals surface area contributed by atoms with Gasteiger partial charge in [-0.15, -0.1) is 0 Å². The van der Waals surface area contributed by atoms with Gasteiger partial charge in [-0.1, -0.05) is 42.0 Å². The van der Waals surface area contributed by atoms with Gasteiger partial charge in [-0.2, -0.15) is 13.2 Å². The fourth-order valence-corrected chi connectivity index (χ4v) is 2.25. The number of halogens is 3. The van der Waals surface area contributed by atoms with Crippen LogP contribution in [0.15, 0.2) is 48.5 Å². The molecule has 0 saturated carbocycles. The van der Waals surface area contributed by atoms with Crippen molar-refractivity contribution in [2.24, 2.45) is 0 Å². The second kappa shape index (κ2) is 8.68. The minimum Gasteiger partial charge on any atom is -0.387 e. The molecule has 0 bridgehead atoms. The normalized spacial score (nSPS) is 12.3. The Morgan fingerprint density at radius 3 is 2.07 bits per heavy atom. The number of aliphatic hydroxyl groups excluding tert-OH is 1. The third-order valence-corrected chi connectivity index (χ3v) is 3.86. The zero-order valence-electron chi connectivity index (χ0n) is 14.5. The Morgan fingerprint density at radius 1 is 0.963 bits per heavy atom. The molecule has 3 N–H and O–H groups in total. The van der Waals surface area contributed by atoms with Gasteiger partial charge in [-0.3, -0.25) is 9.59 Å². The Bertz CT molecular complexity index is 787. The number of nitrogens with one attached hydrogen (secondary N) is 2. The van der Waals surface area contributed by atoms with Crippen LogP contribution >= 0.6 is 0 Å². The lowest BCUT2D eigenvalue weighted by Gasteiger charge is -2.13. The van der Waals surface area contributed by atoms with Crippen LogP contribution in [0.1, 0.15) is 28.4 Å². The molecule has 0 heterocycles. The lowest BCUT2D eigenvalue weighted by Crippen LogP contribution is -2.41. The SMILES string of the molecule is Cc1ccc(CNC(=O)C(=O)NCC(O)c2ccc(C(F)(F)F)cc2)cc1. The summed E-state index contributed by atoms with van der Waals surface area (Å²) in [5, 5.41) is 14.6. The van der Waals surface area contributed by atoms with Crippen molar-refractivity contribution in [3.63, 3.8) is 0 Å². The van der Waals surface area contributed by atoms with Crippen molar-refractivity contribution in [1.29, 1.82) is 0 Å². The summed E-state index contributed by atoms with van der Waals surface area (Å²) >= 11 is 0. The zero-order valence-corrected chi connectivity index (χ0v) is 14.5. The van der Waals surface area contributed by atoms with Crippen LogP contribution in [0.3, 0.4) is 0 Å². The molecule has 1 atom stereocenters. The van der Waals surface area contributed by atoms with E-state index in [4.69, 9.17) is 0 Å². The van der Waals surface area contributed by atoms with Gasteiger partial charge in [0, 0.05) is 13.1 Å². The van der Waals surface area contributed by atoms with Crippen molar-refractivity contribution in [3.05, 3.63) is 70.8 Å². The van der Waals surface area contributed by atoms with E-state index in [1.165, 1.54) is 0 Å². The van der Waals surface area contributed by atoms with Crippen molar-refractivity contribution < 1.29 is 27.9 Å². The number of carbonyl (C=O) groups is 2. The maximum absolute atomic E-state index is 12.5. The van der Waals surface area contributed by atoms with E-state index < -0.39 is 29.7 Å². The lowest BCUT2D eigenvalue weighted by molar-refractivity contribution is -0.139. The molecule has 27 heavy (non-hydrogen) atoms. The molecule has 2 aromatic carbocycles. The topological polar surface area (TPSA) is 78.4 Å². The molecule has 2 amide bonds. The Labute approximate surface area is 154 Å². The number of carbonyl (C=O) groups excluding carboxylic acids is 2. The number of aryl methyl sites for hydroxylation is 1. The van der Waals surface area contributed by atoms with Crippen molar-refractivity contribution in [2.45, 2.75) is 25.7 Å². The van der Waals surface area contributed by atoms with E-state index in [-0.39, 0.29) is 18.7 Å². The fourth-order valence-electron chi connectivity index (χ4n) is 2.25. The summed E-state index contributed by atoms with van der Waals surface area (Å²) in [6.45, 7) is 1.80. The third kappa shape index (κ3) is 6.10. The second-order valence-electron chi connectivity index (χ2n) is 6.01. The van der Waals surface area contributed by atoms with E-state index in [1.807, 2.05) is 31.2 Å². The predicted octanol–water partition coefficient (Wildman–Crippen LogP) is 2.48. The number of hydrogen-bond donors (Lipinski definition) is 3. The van der Waals surface area contributed by atoms with Crippen molar-refractivity contribution in [3.8, 4) is 0 Å². The maximum atomic E-state index is 12.5. The number of amides is 2. The number of hydrogen-bond acceptors (Lipinski definition) is 3. The van der Waals surface area contributed by atoms with Crippen molar-refractivity contribution >= 4 is 11.8 Å². The molecule has 0 aliphatic carbocycles. The molecule has 0 fully saturated rings. The minimum atomic E-state index is -4.47. The van der Waals surface area contributed by atoms with E-state index in [0.717, 1.165) is 35.4 Å². The molecule has 0 aliphatic heterocycles. The highest BCUT2D eigenvalue weighted by atomic mass is 19.4. The van der Waals surface area contributed by atoms with E-state index in [0.29, 0.717) is 0 Å². The fraction of sp³-hybridized carbons (Fsp3) is 0.263. The van der Waals surface area contributed by atoms with Gasteiger partial charge < -0.3 is 15.7 Å². The summed E-state index contributed by atoms with van der Waals surface area (Å²) in [7, 11) is 0. The highest BCUT2D eigenvalue weighted by Crippen LogP contribution is 2.29. The first-order valence-electron chi connectivity index (χ1n) is 8.13. The van der Waals surface area contributed by atoms with Crippen LogP contribution in [0.5, 0.6) is 0 Å². The molecule has 0 saturated heterocycles. The van der Waals surface area contributed by atoms with Gasteiger partial charge in [0.25, 0.3) is 0 Å². The van der Waals surface area contributed by atoms with Gasteiger partial charge >= 0.3 is 18.0 Å². The summed E-state index contributed by atoms with van der Waals surface area (Å²) in [5.74, 6) is -1.80. The minimum absolute atomic E-state index is 0.175. The molecule has 0 aliphatic rings. The van der Waals surface area contributed by atoms with Crippen LogP contribution in [-0.2, 0) is 22.3 Å². The largest absolute Gasteiger partial charge is 0.416 e. The summed E-state index contributed by atoms with van der Waals surface area (Å²) in [6, 6.07) is 11.3. The summed E-state index contributed by atoms with van der Waals surface area (Å²) in [4.78, 5) is 23.5. The first-order valence-corrected chi connectivity index (χ1v) is 8.13. The molecular weight excluding hydrogens is 361 g/mol. The Kier molecular flexibility index (Phi) is 6.57. The van der Waals surface area contributed by atoms with Crippen LogP contribution in [0.25, 0.3) is 0 Å². The van der Waals surface area contributed by atoms with E-state index in [2.05, 4.69) is 10.6 Å². The molecule has 0 spiro atoms. The van der Waals surface area contributed by atoms with E-state index in [9.17, 15) is 27.9 Å². The average Bonchev–Trinajstić information content (AvgIpc) is 2.64. The first kappa shape index (κ1) is 20.4. The predicted molar refractivity (Wildman–Crippen MR) is 92.4 cm³/mol. The average molecular weight is 380 g/mol. The highest BCUT2D eigenvalue weighted by Gasteiger charge is 2.30. The Hall–Kier alpha value is -2.87. The monoisotopic (exact) mass is 380 g/mol. The standard InChI is InChI=1S/C19H19F3N2O3/c1-12-2-4-13(5-3-12)10-23-17(26)18(27)24-11-16(25)14-6-8-15(9-7-14)19(20,21)22/h2-9,16,25H,10-11H2,1H3,(H,23,26)(H,24,27). The molecule has 0 aromatic heterocycles. The second-order valence-corrected chi connectivity index (χ2v) is 6.01. The van der Waals surface area contributed by atoms with Crippen LogP contribution < -0.4 is 10.6 Å². The third-order valence-electron chi connectivity index (χ3n) is 3.86. The molecular formula is C19H19F3N2O3. The maximum Gasteiger partial charge on any atom is 0.416 e. The van der Waals surface area contributed by atoms with E-state index >= 15 is 0 Å². The number of alkyl halides is 3. The van der Waals surface area contributed by atoms with Crippen LogP contribution in [0, 0.1) is 6.92 Å². The number of benzene rings is 2. The van der Waals surface area contributed by atoms with E-state index in [1.54, 1.807) is 0 Å². The van der Waals surface area contributed by atoms with Crippen LogP contribution in [0.2, 0.25) is 0 Å². The van der Waals surface area contributed by atoms with Gasteiger partial charge in [-0.25, -0.2) is 0 Å². The van der Waals surface area contributed by atoms with Crippen LogP contribution in [-0.4, -0.2) is 23.5 Å². The lowest BCUT2D eigenvalue weighted by atomic mass is 10.1. The van der Waals surface area contributed by atoms with Crippen LogP contribution in [0.4, 0.5) is 13.2 Å². The molecule has 2 rings (SSSR count). The molecule has 144 valence electrons. The summed E-state index contributed by atoms with van der Waals surface area (Å²) in [6.07, 6.45) is -5.70. The van der Waals surface area contributed by atoms with Crippen molar-refractivity contribution in [2.75, 3.05) is 6.54 Å². The molecule has 1 unspecified atom stereocenters. The van der Waals surface area contributed by atoms with Gasteiger partial charge in [-0.05, 0) is 30.2 Å². The Morgan fingerprint density at radius 2 is 1.52 bits per heavy atom. The van der Waals surface area contributed by atoms with Crippen molar-refractivity contribution in [1.82, 2.24) is 10.6 Å². The smallest absolute Gasteiger partial charge is 0.387 e. The first-order chi connectivity index (χ1) is 12.7.